The molecule has 0 heterocycles. The number of carbonyl (C=O) groups excluding carboxylic acids is 1. The van der Waals surface area contributed by atoms with Crippen LogP contribution in [0, 0.1) is 23.7 Å². The van der Waals surface area contributed by atoms with E-state index in [4.69, 9.17) is 0 Å². The summed E-state index contributed by atoms with van der Waals surface area (Å²) >= 11 is 2.20. The maximum Gasteiger partial charge on any atom is 0.172 e. The van der Waals surface area contributed by atoms with E-state index in [0.29, 0.717) is 29.5 Å². The van der Waals surface area contributed by atoms with Crippen LogP contribution >= 0.6 is 22.6 Å². The van der Waals surface area contributed by atoms with E-state index in [9.17, 15) is 4.79 Å². The monoisotopic (exact) mass is 300 g/mol. The van der Waals surface area contributed by atoms with E-state index >= 15 is 0 Å². The summed E-state index contributed by atoms with van der Waals surface area (Å²) in [6.45, 7) is 0. The first-order valence-corrected chi connectivity index (χ1v) is 6.43. The Bertz CT molecular complexity index is 342. The van der Waals surface area contributed by atoms with Crippen molar-refractivity contribution in [3.8, 4) is 0 Å². The van der Waals surface area contributed by atoms with Crippen LogP contribution in [0.2, 0.25) is 0 Å². The van der Waals surface area contributed by atoms with Gasteiger partial charge in [0.1, 0.15) is 0 Å². The fraction of sp³-hybridized carbons (Fsp3) is 0.583. The first-order valence-electron chi connectivity index (χ1n) is 5.35. The van der Waals surface area contributed by atoms with Crippen LogP contribution in [0.5, 0.6) is 0 Å². The largest absolute Gasteiger partial charge is 0.293 e. The first-order chi connectivity index (χ1) is 6.77. The molecule has 0 amide bonds. The zero-order valence-corrected chi connectivity index (χ0v) is 10.1. The average Bonchev–Trinajstić information content (AvgIpc) is 2.25. The van der Waals surface area contributed by atoms with Crippen molar-refractivity contribution in [3.63, 3.8) is 0 Å². The minimum atomic E-state index is 0.329. The third-order valence-electron chi connectivity index (χ3n) is 4.02. The summed E-state index contributed by atoms with van der Waals surface area (Å²) in [5.74, 6) is 2.62. The maximum absolute atomic E-state index is 12.0. The second-order valence-electron chi connectivity index (χ2n) is 4.63. The summed E-state index contributed by atoms with van der Waals surface area (Å²) in [5.41, 5.74) is 0. The molecule has 74 valence electrons. The van der Waals surface area contributed by atoms with Gasteiger partial charge in [0.25, 0.3) is 0 Å². The number of ketones is 1. The summed E-state index contributed by atoms with van der Waals surface area (Å²) in [6.07, 6.45) is 10.5. The molecule has 0 aromatic carbocycles. The Morgan fingerprint density at radius 2 is 1.93 bits per heavy atom. The van der Waals surface area contributed by atoms with Crippen LogP contribution in [0.4, 0.5) is 0 Å². The molecule has 4 rings (SSSR count). The fourth-order valence-corrected chi connectivity index (χ4v) is 3.93. The Hall–Kier alpha value is -0.120. The van der Waals surface area contributed by atoms with Crippen molar-refractivity contribution < 1.29 is 4.79 Å². The van der Waals surface area contributed by atoms with Gasteiger partial charge >= 0.3 is 0 Å². The van der Waals surface area contributed by atoms with Crippen molar-refractivity contribution in [2.45, 2.75) is 19.3 Å². The Balaban J connectivity index is 2.01. The van der Waals surface area contributed by atoms with Gasteiger partial charge in [-0.3, -0.25) is 4.79 Å². The van der Waals surface area contributed by atoms with E-state index < -0.39 is 0 Å². The molecule has 1 fully saturated rings. The quantitative estimate of drug-likeness (QED) is 0.496. The van der Waals surface area contributed by atoms with Crippen molar-refractivity contribution in [2.24, 2.45) is 23.7 Å². The lowest BCUT2D eigenvalue weighted by Gasteiger charge is -2.45. The average molecular weight is 300 g/mol. The molecule has 4 atom stereocenters. The number of halogens is 1. The summed E-state index contributed by atoms with van der Waals surface area (Å²) in [5, 5.41) is 0. The van der Waals surface area contributed by atoms with Crippen LogP contribution in [0.1, 0.15) is 19.3 Å². The lowest BCUT2D eigenvalue weighted by Crippen LogP contribution is -2.42. The number of hydrogen-bond donors (Lipinski definition) is 0. The summed E-state index contributed by atoms with van der Waals surface area (Å²) < 4.78 is 0.977. The van der Waals surface area contributed by atoms with E-state index in [0.717, 1.165) is 10.0 Å². The molecule has 0 unspecified atom stereocenters. The van der Waals surface area contributed by atoms with Crippen molar-refractivity contribution in [1.82, 2.24) is 0 Å². The predicted molar refractivity (Wildman–Crippen MR) is 64.1 cm³/mol. The third-order valence-corrected chi connectivity index (χ3v) is 4.99. The van der Waals surface area contributed by atoms with Crippen LogP contribution in [0.25, 0.3) is 0 Å². The van der Waals surface area contributed by atoms with Gasteiger partial charge in [0.05, 0.1) is 3.58 Å². The molecule has 0 N–H and O–H groups in total. The van der Waals surface area contributed by atoms with E-state index in [2.05, 4.69) is 40.8 Å². The van der Waals surface area contributed by atoms with Gasteiger partial charge in [-0.1, -0.05) is 18.2 Å². The van der Waals surface area contributed by atoms with Crippen LogP contribution in [0.3, 0.4) is 0 Å². The predicted octanol–water partition coefficient (Wildman–Crippen LogP) is 3.11. The minimum Gasteiger partial charge on any atom is -0.293 e. The second-order valence-corrected chi connectivity index (χ2v) is 5.79. The zero-order valence-electron chi connectivity index (χ0n) is 7.95. The van der Waals surface area contributed by atoms with Crippen molar-refractivity contribution in [3.05, 3.63) is 21.8 Å². The molecule has 4 aliphatic carbocycles. The molecule has 0 saturated heterocycles. The van der Waals surface area contributed by atoms with Gasteiger partial charge in [-0.05, 0) is 59.6 Å². The Morgan fingerprint density at radius 3 is 2.64 bits per heavy atom. The highest BCUT2D eigenvalue weighted by Crippen LogP contribution is 2.49. The molecule has 14 heavy (non-hydrogen) atoms. The molecule has 2 heteroatoms. The number of carbonyl (C=O) groups is 1. The van der Waals surface area contributed by atoms with Gasteiger partial charge in [0.2, 0.25) is 0 Å². The highest BCUT2D eigenvalue weighted by atomic mass is 127. The summed E-state index contributed by atoms with van der Waals surface area (Å²) in [6, 6.07) is 0. The van der Waals surface area contributed by atoms with Crippen LogP contribution < -0.4 is 0 Å². The molecular formula is C12H13IO. The topological polar surface area (TPSA) is 17.1 Å². The number of rotatable bonds is 0. The minimum absolute atomic E-state index is 0.329. The van der Waals surface area contributed by atoms with Gasteiger partial charge in [-0.15, -0.1) is 0 Å². The number of hydrogen-bond acceptors (Lipinski definition) is 1. The van der Waals surface area contributed by atoms with Gasteiger partial charge < -0.3 is 0 Å². The molecule has 1 nitrogen and oxygen atoms in total. The molecule has 0 spiro atoms. The molecule has 4 aliphatic rings. The molecule has 1 saturated carbocycles. The summed E-state index contributed by atoms with van der Waals surface area (Å²) in [4.78, 5) is 12.0. The lowest BCUT2D eigenvalue weighted by molar-refractivity contribution is -0.124. The SMILES string of the molecule is O=C1C(I)=CC[C@H]2[C@H]1[C@H]1C=C[C@@H]2CC1. The van der Waals surface area contributed by atoms with Crippen LogP contribution in [-0.2, 0) is 4.79 Å². The number of fused-ring (bicyclic) bond motifs is 1. The van der Waals surface area contributed by atoms with Crippen LogP contribution in [0.15, 0.2) is 21.8 Å². The Kier molecular flexibility index (Phi) is 2.08. The Morgan fingerprint density at radius 1 is 1.21 bits per heavy atom. The molecular weight excluding hydrogens is 287 g/mol. The van der Waals surface area contributed by atoms with Gasteiger partial charge in [-0.2, -0.15) is 0 Å². The Labute approximate surface area is 97.8 Å². The lowest BCUT2D eigenvalue weighted by atomic mass is 9.59. The van der Waals surface area contributed by atoms with Gasteiger partial charge in [-0.25, -0.2) is 0 Å². The first kappa shape index (κ1) is 9.13. The number of Topliss-reactive ketones (excluding diaryl/α,β-unsaturated/α-hetero) is 1. The van der Waals surface area contributed by atoms with Crippen LogP contribution in [-0.4, -0.2) is 5.78 Å². The van der Waals surface area contributed by atoms with E-state index in [1.807, 2.05) is 0 Å². The second kappa shape index (κ2) is 3.19. The molecule has 0 radical (unpaired) electrons. The highest BCUT2D eigenvalue weighted by Gasteiger charge is 2.45. The smallest absolute Gasteiger partial charge is 0.172 e. The molecule has 0 aliphatic heterocycles. The van der Waals surface area contributed by atoms with E-state index in [1.165, 1.54) is 12.8 Å². The molecule has 0 aromatic heterocycles. The third kappa shape index (κ3) is 1.16. The summed E-state index contributed by atoms with van der Waals surface area (Å²) in [7, 11) is 0. The van der Waals surface area contributed by atoms with E-state index in [1.54, 1.807) is 0 Å². The van der Waals surface area contributed by atoms with Crippen molar-refractivity contribution >= 4 is 28.4 Å². The standard InChI is InChI=1S/C12H13IO/c13-10-6-5-9-7-1-3-8(4-2-7)11(9)12(10)14/h1,3,6-9,11H,2,4-5H2/t7-,8+,9-,11-/m1/s1. The van der Waals surface area contributed by atoms with Crippen molar-refractivity contribution in [1.29, 1.82) is 0 Å². The zero-order chi connectivity index (χ0) is 9.71. The maximum atomic E-state index is 12.0. The van der Waals surface area contributed by atoms with Crippen molar-refractivity contribution in [2.75, 3.05) is 0 Å². The highest BCUT2D eigenvalue weighted by molar-refractivity contribution is 14.1. The molecule has 0 aromatic rings. The number of allylic oxidation sites excluding steroid dienone is 4. The fourth-order valence-electron chi connectivity index (χ4n) is 3.31. The van der Waals surface area contributed by atoms with E-state index in [-0.39, 0.29) is 0 Å². The normalized spacial score (nSPS) is 44.9. The molecule has 2 bridgehead atoms. The van der Waals surface area contributed by atoms with Gasteiger partial charge in [0.15, 0.2) is 5.78 Å². The van der Waals surface area contributed by atoms with Gasteiger partial charge in [0, 0.05) is 5.92 Å².